The molecule has 1 saturated carbocycles. The van der Waals surface area contributed by atoms with Gasteiger partial charge in [0.15, 0.2) is 5.65 Å². The lowest BCUT2D eigenvalue weighted by Gasteiger charge is -2.37. The molecular formula is C25H29N5OS. The second-order valence-corrected chi connectivity index (χ2v) is 9.75. The van der Waals surface area contributed by atoms with Crippen molar-refractivity contribution in [1.29, 1.82) is 0 Å². The fourth-order valence-corrected chi connectivity index (χ4v) is 5.72. The zero-order chi connectivity index (χ0) is 21.8. The zero-order valence-electron chi connectivity index (χ0n) is 18.2. The smallest absolute Gasteiger partial charge is 0.222 e. The van der Waals surface area contributed by atoms with Crippen LogP contribution in [0.25, 0.3) is 5.65 Å². The molecule has 166 valence electrons. The summed E-state index contributed by atoms with van der Waals surface area (Å²) in [5.41, 5.74) is 2.10. The zero-order valence-corrected chi connectivity index (χ0v) is 19.0. The number of carbonyl (C=O) groups is 1. The minimum atomic E-state index is 0.0268. The van der Waals surface area contributed by atoms with E-state index in [0.29, 0.717) is 13.0 Å². The predicted molar refractivity (Wildman–Crippen MR) is 127 cm³/mol. The molecule has 0 saturated heterocycles. The lowest BCUT2D eigenvalue weighted by atomic mass is 9.71. The maximum Gasteiger partial charge on any atom is 0.222 e. The second-order valence-electron chi connectivity index (χ2n) is 8.97. The van der Waals surface area contributed by atoms with Gasteiger partial charge in [-0.3, -0.25) is 9.20 Å². The first-order valence-electron chi connectivity index (χ1n) is 11.4. The van der Waals surface area contributed by atoms with Gasteiger partial charge in [-0.1, -0.05) is 25.3 Å². The molecule has 6 nitrogen and oxygen atoms in total. The Morgan fingerprint density at radius 1 is 1.06 bits per heavy atom. The Labute approximate surface area is 192 Å². The number of hydrogen-bond donors (Lipinski definition) is 1. The van der Waals surface area contributed by atoms with Gasteiger partial charge in [-0.25, -0.2) is 0 Å². The maximum absolute atomic E-state index is 13.1. The lowest BCUT2D eigenvalue weighted by molar-refractivity contribution is -0.122. The molecule has 7 heteroatoms. The summed E-state index contributed by atoms with van der Waals surface area (Å²) in [5, 5.41) is 16.3. The highest BCUT2D eigenvalue weighted by Gasteiger charge is 2.34. The van der Waals surface area contributed by atoms with Gasteiger partial charge < -0.3 is 9.88 Å². The standard InChI is InChI=1S/C25H29N5OS/c31-24(16-21(20-9-15-32-18-20)29-12-6-7-13-29)26-19-25(10-3-1-4-11-25)17-23-28-27-22-8-2-5-14-30(22)23/h2,5-9,12-15,18,21H,1,3-4,10-11,16-17,19H2,(H,26,31)/t21-/m1/s1. The minimum absolute atomic E-state index is 0.0268. The summed E-state index contributed by atoms with van der Waals surface area (Å²) < 4.78 is 4.21. The van der Waals surface area contributed by atoms with E-state index in [-0.39, 0.29) is 17.4 Å². The summed E-state index contributed by atoms with van der Waals surface area (Å²) >= 11 is 1.67. The normalized spacial score (nSPS) is 16.8. The number of fused-ring (bicyclic) bond motifs is 1. The van der Waals surface area contributed by atoms with Crippen molar-refractivity contribution in [2.24, 2.45) is 5.41 Å². The van der Waals surface area contributed by atoms with E-state index in [1.807, 2.05) is 48.9 Å². The van der Waals surface area contributed by atoms with Crippen molar-refractivity contribution in [3.63, 3.8) is 0 Å². The number of nitrogens with one attached hydrogen (secondary N) is 1. The summed E-state index contributed by atoms with van der Waals surface area (Å²) in [4.78, 5) is 13.1. The van der Waals surface area contributed by atoms with Gasteiger partial charge in [0.05, 0.1) is 12.5 Å². The predicted octanol–water partition coefficient (Wildman–Crippen LogP) is 4.88. The van der Waals surface area contributed by atoms with Crippen LogP contribution in [0, 0.1) is 5.41 Å². The summed E-state index contributed by atoms with van der Waals surface area (Å²) in [6, 6.07) is 12.1. The van der Waals surface area contributed by atoms with Gasteiger partial charge in [0.25, 0.3) is 0 Å². The van der Waals surface area contributed by atoms with Gasteiger partial charge >= 0.3 is 0 Å². The SMILES string of the molecule is O=C(C[C@H](c1ccsc1)n1cccc1)NCC1(Cc2nnc3ccccn23)CCCCC1. The van der Waals surface area contributed by atoms with Crippen LogP contribution < -0.4 is 5.32 Å². The van der Waals surface area contributed by atoms with Gasteiger partial charge in [-0.05, 0) is 64.9 Å². The Kier molecular flexibility index (Phi) is 6.08. The van der Waals surface area contributed by atoms with Crippen molar-refractivity contribution < 1.29 is 4.79 Å². The molecule has 5 rings (SSSR count). The van der Waals surface area contributed by atoms with Crippen LogP contribution in [0.4, 0.5) is 0 Å². The molecule has 4 aromatic heterocycles. The molecule has 32 heavy (non-hydrogen) atoms. The van der Waals surface area contributed by atoms with Crippen LogP contribution in [-0.4, -0.2) is 31.6 Å². The molecule has 0 bridgehead atoms. The van der Waals surface area contributed by atoms with Crippen molar-refractivity contribution in [2.75, 3.05) is 6.54 Å². The molecule has 4 heterocycles. The molecular weight excluding hydrogens is 418 g/mol. The highest BCUT2D eigenvalue weighted by atomic mass is 32.1. The van der Waals surface area contributed by atoms with E-state index in [9.17, 15) is 4.79 Å². The lowest BCUT2D eigenvalue weighted by Crippen LogP contribution is -2.41. The van der Waals surface area contributed by atoms with Crippen LogP contribution in [0.2, 0.25) is 0 Å². The van der Waals surface area contributed by atoms with Crippen LogP contribution in [0.3, 0.4) is 0 Å². The van der Waals surface area contributed by atoms with Crippen LogP contribution in [0.15, 0.2) is 65.7 Å². The van der Waals surface area contributed by atoms with Crippen LogP contribution >= 0.6 is 11.3 Å². The molecule has 0 unspecified atom stereocenters. The van der Waals surface area contributed by atoms with E-state index < -0.39 is 0 Å². The fourth-order valence-electron chi connectivity index (χ4n) is 5.01. The molecule has 1 atom stereocenters. The minimum Gasteiger partial charge on any atom is -0.355 e. The van der Waals surface area contributed by atoms with Crippen LogP contribution in [0.1, 0.15) is 56.0 Å². The number of nitrogens with zero attached hydrogens (tertiary/aromatic N) is 4. The van der Waals surface area contributed by atoms with Crippen LogP contribution in [-0.2, 0) is 11.2 Å². The van der Waals surface area contributed by atoms with Crippen LogP contribution in [0.5, 0.6) is 0 Å². The largest absolute Gasteiger partial charge is 0.355 e. The third-order valence-corrected chi connectivity index (χ3v) is 7.49. The van der Waals surface area contributed by atoms with Crippen molar-refractivity contribution in [1.82, 2.24) is 24.5 Å². The first-order chi connectivity index (χ1) is 15.7. The molecule has 0 spiro atoms. The van der Waals surface area contributed by atoms with E-state index in [1.54, 1.807) is 11.3 Å². The van der Waals surface area contributed by atoms with E-state index in [4.69, 9.17) is 0 Å². The molecule has 1 aliphatic carbocycles. The molecule has 4 aromatic rings. The number of rotatable bonds is 8. The van der Waals surface area contributed by atoms with E-state index in [1.165, 1.54) is 24.8 Å². The maximum atomic E-state index is 13.1. The van der Waals surface area contributed by atoms with Crippen molar-refractivity contribution >= 4 is 22.9 Å². The third kappa shape index (κ3) is 4.48. The Hall–Kier alpha value is -2.93. The first-order valence-corrected chi connectivity index (χ1v) is 12.4. The molecule has 0 aromatic carbocycles. The van der Waals surface area contributed by atoms with Gasteiger partial charge in [0.2, 0.25) is 5.91 Å². The highest BCUT2D eigenvalue weighted by Crippen LogP contribution is 2.38. The average Bonchev–Trinajstić information content (AvgIpc) is 3.60. The molecule has 1 fully saturated rings. The van der Waals surface area contributed by atoms with Gasteiger partial charge in [-0.15, -0.1) is 10.2 Å². The van der Waals surface area contributed by atoms with Gasteiger partial charge in [0.1, 0.15) is 5.82 Å². The number of hydrogen-bond acceptors (Lipinski definition) is 4. The van der Waals surface area contributed by atoms with Crippen molar-refractivity contribution in [3.05, 3.63) is 77.1 Å². The Balaban J connectivity index is 1.29. The quantitative estimate of drug-likeness (QED) is 0.419. The number of aromatic nitrogens is 4. The van der Waals surface area contributed by atoms with Gasteiger partial charge in [0, 0.05) is 31.6 Å². The Bertz CT molecular complexity index is 1110. The Morgan fingerprint density at radius 2 is 1.88 bits per heavy atom. The second kappa shape index (κ2) is 9.28. The number of pyridine rings is 1. The topological polar surface area (TPSA) is 64.2 Å². The summed E-state index contributed by atoms with van der Waals surface area (Å²) in [6.45, 7) is 0.690. The van der Waals surface area contributed by atoms with E-state index >= 15 is 0 Å². The number of carbonyl (C=O) groups excluding carboxylic acids is 1. The monoisotopic (exact) mass is 447 g/mol. The molecule has 1 N–H and O–H groups in total. The molecule has 1 amide bonds. The fraction of sp³-hybridized carbons (Fsp3) is 0.400. The average molecular weight is 448 g/mol. The highest BCUT2D eigenvalue weighted by molar-refractivity contribution is 7.08. The molecule has 1 aliphatic rings. The molecule has 0 aliphatic heterocycles. The summed E-state index contributed by atoms with van der Waals surface area (Å²) in [5.74, 6) is 1.09. The van der Waals surface area contributed by atoms with Crippen molar-refractivity contribution in [2.45, 2.75) is 51.0 Å². The first kappa shape index (κ1) is 20.9. The van der Waals surface area contributed by atoms with Gasteiger partial charge in [-0.2, -0.15) is 11.3 Å². The summed E-state index contributed by atoms with van der Waals surface area (Å²) in [7, 11) is 0. The molecule has 0 radical (unpaired) electrons. The van der Waals surface area contributed by atoms with Crippen molar-refractivity contribution in [3.8, 4) is 0 Å². The number of thiophene rings is 1. The van der Waals surface area contributed by atoms with E-state index in [0.717, 1.165) is 30.7 Å². The summed E-state index contributed by atoms with van der Waals surface area (Å²) in [6.07, 6.45) is 13.3. The number of amides is 1. The Morgan fingerprint density at radius 3 is 2.66 bits per heavy atom. The third-order valence-electron chi connectivity index (χ3n) is 6.79. The van der Waals surface area contributed by atoms with E-state index in [2.05, 4.69) is 41.3 Å².